The van der Waals surface area contributed by atoms with Crippen molar-refractivity contribution in [1.29, 1.82) is 0 Å². The smallest absolute Gasteiger partial charge is 0.229 e. The van der Waals surface area contributed by atoms with Crippen molar-refractivity contribution in [3.63, 3.8) is 0 Å². The predicted molar refractivity (Wildman–Crippen MR) is 81.0 cm³/mol. The van der Waals surface area contributed by atoms with Crippen LogP contribution in [0.5, 0.6) is 0 Å². The van der Waals surface area contributed by atoms with Gasteiger partial charge in [0.2, 0.25) is 11.7 Å². The van der Waals surface area contributed by atoms with Gasteiger partial charge in [0, 0.05) is 23.1 Å². The molecule has 108 valence electrons. The van der Waals surface area contributed by atoms with Gasteiger partial charge in [-0.15, -0.1) is 12.4 Å². The lowest BCUT2D eigenvalue weighted by Gasteiger charge is -2.21. The number of benzene rings is 1. The fourth-order valence-corrected chi connectivity index (χ4v) is 2.43. The van der Waals surface area contributed by atoms with Crippen molar-refractivity contribution in [2.75, 3.05) is 19.7 Å². The molecule has 1 aliphatic heterocycles. The average molecular weight is 361 g/mol. The first-order chi connectivity index (χ1) is 9.31. The Balaban J connectivity index is 0.00000147. The molecule has 1 saturated heterocycles. The molecular formula is C13H15BrClN3O2. The van der Waals surface area contributed by atoms with Gasteiger partial charge in [-0.3, -0.25) is 0 Å². The molecule has 1 aromatic carbocycles. The maximum Gasteiger partial charge on any atom is 0.229 e. The van der Waals surface area contributed by atoms with Crippen LogP contribution in [0, 0.1) is 0 Å². The van der Waals surface area contributed by atoms with E-state index in [4.69, 9.17) is 9.26 Å². The topological polar surface area (TPSA) is 60.2 Å². The second kappa shape index (κ2) is 7.17. The molecule has 1 fully saturated rings. The van der Waals surface area contributed by atoms with Gasteiger partial charge in [-0.25, -0.2) is 0 Å². The van der Waals surface area contributed by atoms with Crippen molar-refractivity contribution in [2.45, 2.75) is 12.5 Å². The Bertz CT molecular complexity index is 558. The summed E-state index contributed by atoms with van der Waals surface area (Å²) in [6, 6.07) is 7.83. The molecule has 0 spiro atoms. The van der Waals surface area contributed by atoms with Crippen LogP contribution in [0.1, 0.15) is 5.89 Å². The van der Waals surface area contributed by atoms with Crippen LogP contribution in [-0.2, 0) is 11.2 Å². The molecule has 2 heterocycles. The molecule has 20 heavy (non-hydrogen) atoms. The minimum absolute atomic E-state index is 0. The van der Waals surface area contributed by atoms with Gasteiger partial charge in [0.15, 0.2) is 0 Å². The zero-order chi connectivity index (χ0) is 13.1. The number of hydrogen-bond donors (Lipinski definition) is 1. The fourth-order valence-electron chi connectivity index (χ4n) is 2.03. The monoisotopic (exact) mass is 359 g/mol. The SMILES string of the molecule is Brc1cccc(-c2noc(CC3CNCCO3)n2)c1.Cl. The molecular weight excluding hydrogens is 346 g/mol. The van der Waals surface area contributed by atoms with Gasteiger partial charge >= 0.3 is 0 Å². The largest absolute Gasteiger partial charge is 0.375 e. The van der Waals surface area contributed by atoms with E-state index in [-0.39, 0.29) is 18.5 Å². The van der Waals surface area contributed by atoms with Crippen LogP contribution in [0.4, 0.5) is 0 Å². The minimum atomic E-state index is 0. The van der Waals surface area contributed by atoms with E-state index < -0.39 is 0 Å². The van der Waals surface area contributed by atoms with Crippen LogP contribution < -0.4 is 5.32 Å². The van der Waals surface area contributed by atoms with Gasteiger partial charge in [0.1, 0.15) is 0 Å². The van der Waals surface area contributed by atoms with Gasteiger partial charge in [-0.05, 0) is 12.1 Å². The summed E-state index contributed by atoms with van der Waals surface area (Å²) in [6.45, 7) is 2.47. The molecule has 0 amide bonds. The Hall–Kier alpha value is -0.950. The Labute approximate surface area is 131 Å². The first kappa shape index (κ1) is 15.4. The molecule has 1 aliphatic rings. The van der Waals surface area contributed by atoms with E-state index in [1.807, 2.05) is 24.3 Å². The number of morpholine rings is 1. The highest BCUT2D eigenvalue weighted by Crippen LogP contribution is 2.20. The number of rotatable bonds is 3. The Morgan fingerprint density at radius 1 is 1.40 bits per heavy atom. The second-order valence-corrected chi connectivity index (χ2v) is 5.34. The Kier molecular flexibility index (Phi) is 5.54. The Morgan fingerprint density at radius 2 is 2.30 bits per heavy atom. The Morgan fingerprint density at radius 3 is 3.05 bits per heavy atom. The number of nitrogens with zero attached hydrogens (tertiary/aromatic N) is 2. The first-order valence-corrected chi connectivity index (χ1v) is 7.01. The van der Waals surface area contributed by atoms with Crippen LogP contribution in [0.2, 0.25) is 0 Å². The number of nitrogens with one attached hydrogen (secondary N) is 1. The van der Waals surface area contributed by atoms with E-state index in [9.17, 15) is 0 Å². The van der Waals surface area contributed by atoms with Crippen molar-refractivity contribution in [3.8, 4) is 11.4 Å². The van der Waals surface area contributed by atoms with Gasteiger partial charge in [0.25, 0.3) is 0 Å². The van der Waals surface area contributed by atoms with Crippen molar-refractivity contribution in [2.24, 2.45) is 0 Å². The summed E-state index contributed by atoms with van der Waals surface area (Å²) in [5.74, 6) is 1.23. The van der Waals surface area contributed by atoms with Gasteiger partial charge in [-0.1, -0.05) is 33.2 Å². The van der Waals surface area contributed by atoms with Crippen LogP contribution in [0.25, 0.3) is 11.4 Å². The molecule has 0 aliphatic carbocycles. The van der Waals surface area contributed by atoms with Crippen molar-refractivity contribution < 1.29 is 9.26 Å². The van der Waals surface area contributed by atoms with E-state index >= 15 is 0 Å². The number of hydrogen-bond acceptors (Lipinski definition) is 5. The number of ether oxygens (including phenoxy) is 1. The highest BCUT2D eigenvalue weighted by atomic mass is 79.9. The normalized spacial score (nSPS) is 18.6. The fraction of sp³-hybridized carbons (Fsp3) is 0.385. The molecule has 2 aromatic rings. The molecule has 1 atom stereocenters. The van der Waals surface area contributed by atoms with Crippen LogP contribution in [0.15, 0.2) is 33.3 Å². The van der Waals surface area contributed by atoms with E-state index in [2.05, 4.69) is 31.4 Å². The molecule has 1 N–H and O–H groups in total. The lowest BCUT2D eigenvalue weighted by molar-refractivity contribution is 0.0246. The molecule has 0 radical (unpaired) electrons. The standard InChI is InChI=1S/C13H14BrN3O2.ClH/c14-10-3-1-2-9(6-10)13-16-12(19-17-13)7-11-8-15-4-5-18-11;/h1-3,6,11,15H,4-5,7-8H2;1H. The van der Waals surface area contributed by atoms with E-state index in [0.29, 0.717) is 18.1 Å². The molecule has 0 saturated carbocycles. The zero-order valence-electron chi connectivity index (χ0n) is 10.7. The van der Waals surface area contributed by atoms with Crippen molar-refractivity contribution >= 4 is 28.3 Å². The molecule has 0 bridgehead atoms. The molecule has 1 aromatic heterocycles. The summed E-state index contributed by atoms with van der Waals surface area (Å²) < 4.78 is 11.9. The predicted octanol–water partition coefficient (Wildman–Crippen LogP) is 2.45. The summed E-state index contributed by atoms with van der Waals surface area (Å²) in [7, 11) is 0. The zero-order valence-corrected chi connectivity index (χ0v) is 13.1. The summed E-state index contributed by atoms with van der Waals surface area (Å²) in [4.78, 5) is 4.41. The maximum atomic E-state index is 5.62. The molecule has 7 heteroatoms. The molecule has 1 unspecified atom stereocenters. The van der Waals surface area contributed by atoms with Crippen molar-refractivity contribution in [3.05, 3.63) is 34.6 Å². The molecule has 3 rings (SSSR count). The van der Waals surface area contributed by atoms with E-state index in [1.54, 1.807) is 0 Å². The summed E-state index contributed by atoms with van der Waals surface area (Å²) in [5, 5.41) is 7.29. The van der Waals surface area contributed by atoms with E-state index in [0.717, 1.165) is 29.7 Å². The highest BCUT2D eigenvalue weighted by Gasteiger charge is 2.18. The molecule has 5 nitrogen and oxygen atoms in total. The average Bonchev–Trinajstić information content (AvgIpc) is 2.88. The van der Waals surface area contributed by atoms with E-state index in [1.165, 1.54) is 0 Å². The highest BCUT2D eigenvalue weighted by molar-refractivity contribution is 9.10. The third-order valence-electron chi connectivity index (χ3n) is 2.96. The quantitative estimate of drug-likeness (QED) is 0.911. The van der Waals surface area contributed by atoms with Crippen molar-refractivity contribution in [1.82, 2.24) is 15.5 Å². The lowest BCUT2D eigenvalue weighted by atomic mass is 10.2. The van der Waals surface area contributed by atoms with Crippen LogP contribution in [-0.4, -0.2) is 35.9 Å². The summed E-state index contributed by atoms with van der Waals surface area (Å²) in [6.07, 6.45) is 0.762. The van der Waals surface area contributed by atoms with Gasteiger partial charge in [-0.2, -0.15) is 4.98 Å². The minimum Gasteiger partial charge on any atom is -0.375 e. The maximum absolute atomic E-state index is 5.62. The van der Waals surface area contributed by atoms with Crippen LogP contribution in [0.3, 0.4) is 0 Å². The lowest BCUT2D eigenvalue weighted by Crippen LogP contribution is -2.39. The number of halogens is 2. The van der Waals surface area contributed by atoms with Gasteiger partial charge in [0.05, 0.1) is 19.1 Å². The third kappa shape index (κ3) is 3.79. The third-order valence-corrected chi connectivity index (χ3v) is 3.45. The summed E-state index contributed by atoms with van der Waals surface area (Å²) in [5.41, 5.74) is 0.937. The summed E-state index contributed by atoms with van der Waals surface area (Å²) >= 11 is 3.43. The number of aromatic nitrogens is 2. The van der Waals surface area contributed by atoms with Gasteiger partial charge < -0.3 is 14.6 Å². The second-order valence-electron chi connectivity index (χ2n) is 4.42. The first-order valence-electron chi connectivity index (χ1n) is 6.22. The van der Waals surface area contributed by atoms with Crippen LogP contribution >= 0.6 is 28.3 Å².